The number of nitrogens with two attached hydrogens (primary N) is 1. The van der Waals surface area contributed by atoms with Gasteiger partial charge in [0.25, 0.3) is 0 Å². The van der Waals surface area contributed by atoms with Crippen molar-refractivity contribution >= 4 is 5.97 Å². The molecule has 0 heterocycles. The maximum absolute atomic E-state index is 13.1. The van der Waals surface area contributed by atoms with Crippen LogP contribution >= 0.6 is 0 Å². The quantitative estimate of drug-likeness (QED) is 0.713. The molecule has 5 heteroatoms. The van der Waals surface area contributed by atoms with Gasteiger partial charge < -0.3 is 15.2 Å². The van der Waals surface area contributed by atoms with E-state index in [2.05, 4.69) is 5.32 Å². The van der Waals surface area contributed by atoms with Gasteiger partial charge in [-0.25, -0.2) is 8.78 Å². The topological polar surface area (TPSA) is 56.7 Å². The SMILES string of the molecule is O=C([O-])CCCCC[NH2+]C(c1ccc(F)cc1)c1ccc(F)cc1. The highest BCUT2D eigenvalue weighted by Crippen LogP contribution is 2.19. The summed E-state index contributed by atoms with van der Waals surface area (Å²) in [4.78, 5) is 10.4. The summed E-state index contributed by atoms with van der Waals surface area (Å²) >= 11 is 0. The van der Waals surface area contributed by atoms with Crippen molar-refractivity contribution in [3.05, 3.63) is 71.3 Å². The van der Waals surface area contributed by atoms with Crippen molar-refractivity contribution in [3.63, 3.8) is 0 Å². The number of carbonyl (C=O) groups excluding carboxylic acids is 1. The molecule has 0 unspecified atom stereocenters. The molecule has 0 radical (unpaired) electrons. The zero-order valence-corrected chi connectivity index (χ0v) is 13.4. The normalized spacial score (nSPS) is 11.0. The molecule has 0 aliphatic heterocycles. The van der Waals surface area contributed by atoms with Gasteiger partial charge in [-0.2, -0.15) is 0 Å². The third kappa shape index (κ3) is 5.74. The van der Waals surface area contributed by atoms with E-state index in [-0.39, 0.29) is 24.1 Å². The van der Waals surface area contributed by atoms with Gasteiger partial charge in [-0.1, -0.05) is 0 Å². The van der Waals surface area contributed by atoms with Crippen molar-refractivity contribution in [1.82, 2.24) is 0 Å². The molecule has 0 spiro atoms. The third-order valence-corrected chi connectivity index (χ3v) is 3.95. The van der Waals surface area contributed by atoms with Crippen LogP contribution in [-0.2, 0) is 4.79 Å². The van der Waals surface area contributed by atoms with E-state index in [9.17, 15) is 18.7 Å². The number of unbranched alkanes of at least 4 members (excludes halogenated alkanes) is 2. The van der Waals surface area contributed by atoms with E-state index in [1.54, 1.807) is 24.3 Å². The molecule has 0 saturated heterocycles. The summed E-state index contributed by atoms with van der Waals surface area (Å²) in [6.45, 7) is 0.798. The molecular weight excluding hydrogens is 312 g/mol. The highest BCUT2D eigenvalue weighted by atomic mass is 19.1. The van der Waals surface area contributed by atoms with Gasteiger partial charge in [0.15, 0.2) is 0 Å². The number of hydrogen-bond donors (Lipinski definition) is 1. The molecule has 0 aliphatic rings. The Labute approximate surface area is 140 Å². The number of quaternary nitrogens is 1. The number of aliphatic carboxylic acids is 1. The average Bonchev–Trinajstić information content (AvgIpc) is 2.56. The largest absolute Gasteiger partial charge is 0.550 e. The van der Waals surface area contributed by atoms with Crippen LogP contribution in [0.4, 0.5) is 8.78 Å². The molecule has 2 rings (SSSR count). The first-order chi connectivity index (χ1) is 11.6. The lowest BCUT2D eigenvalue weighted by Crippen LogP contribution is -2.85. The third-order valence-electron chi connectivity index (χ3n) is 3.95. The Morgan fingerprint density at radius 3 is 1.83 bits per heavy atom. The number of halogens is 2. The fraction of sp³-hybridized carbons (Fsp3) is 0.316. The van der Waals surface area contributed by atoms with E-state index >= 15 is 0 Å². The maximum Gasteiger partial charge on any atom is 0.137 e. The van der Waals surface area contributed by atoms with Crippen LogP contribution in [0, 0.1) is 11.6 Å². The molecule has 2 aromatic rings. The van der Waals surface area contributed by atoms with E-state index in [0.29, 0.717) is 6.42 Å². The molecule has 0 atom stereocenters. The van der Waals surface area contributed by atoms with E-state index < -0.39 is 5.97 Å². The average molecular weight is 333 g/mol. The van der Waals surface area contributed by atoms with Crippen LogP contribution in [0.25, 0.3) is 0 Å². The molecule has 128 valence electrons. The second-order valence-corrected chi connectivity index (χ2v) is 5.79. The molecule has 2 N–H and O–H groups in total. The van der Waals surface area contributed by atoms with Crippen molar-refractivity contribution in [2.24, 2.45) is 0 Å². The molecule has 0 aromatic heterocycles. The van der Waals surface area contributed by atoms with Crippen molar-refractivity contribution in [2.75, 3.05) is 6.54 Å². The van der Waals surface area contributed by atoms with Crippen LogP contribution in [0.15, 0.2) is 48.5 Å². The molecule has 3 nitrogen and oxygen atoms in total. The Bertz CT molecular complexity index is 596. The fourth-order valence-corrected chi connectivity index (χ4v) is 2.68. The van der Waals surface area contributed by atoms with Crippen LogP contribution in [-0.4, -0.2) is 12.5 Å². The van der Waals surface area contributed by atoms with Crippen molar-refractivity contribution in [3.8, 4) is 0 Å². The van der Waals surface area contributed by atoms with Crippen LogP contribution < -0.4 is 10.4 Å². The summed E-state index contributed by atoms with van der Waals surface area (Å²) in [5.41, 5.74) is 1.88. The van der Waals surface area contributed by atoms with Gasteiger partial charge in [0, 0.05) is 17.1 Å². The summed E-state index contributed by atoms with van der Waals surface area (Å²) in [5.74, 6) is -1.60. The summed E-state index contributed by atoms with van der Waals surface area (Å²) in [5, 5.41) is 12.5. The standard InChI is InChI=1S/C19H21F2NO2/c20-16-9-5-14(6-10-16)19(15-7-11-17(21)12-8-15)22-13-3-1-2-4-18(23)24/h5-12,19,22H,1-4,13H2,(H,23,24). The minimum Gasteiger partial charge on any atom is -0.550 e. The van der Waals surface area contributed by atoms with E-state index in [4.69, 9.17) is 0 Å². The molecule has 0 fully saturated rings. The number of carboxylic acid groups (broad SMARTS) is 1. The number of carbonyl (C=O) groups is 1. The Balaban J connectivity index is 1.99. The first-order valence-electron chi connectivity index (χ1n) is 8.10. The van der Waals surface area contributed by atoms with Crippen LogP contribution in [0.1, 0.15) is 42.9 Å². The first-order valence-corrected chi connectivity index (χ1v) is 8.10. The van der Waals surface area contributed by atoms with E-state index in [0.717, 1.165) is 30.5 Å². The minimum atomic E-state index is -1.02. The Hall–Kier alpha value is -2.27. The summed E-state index contributed by atoms with van der Waals surface area (Å²) < 4.78 is 26.3. The van der Waals surface area contributed by atoms with Gasteiger partial charge in [-0.05, 0) is 74.2 Å². The Kier molecular flexibility index (Phi) is 6.88. The van der Waals surface area contributed by atoms with Crippen molar-refractivity contribution < 1.29 is 24.0 Å². The van der Waals surface area contributed by atoms with Crippen LogP contribution in [0.5, 0.6) is 0 Å². The van der Waals surface area contributed by atoms with Gasteiger partial charge in [-0.3, -0.25) is 0 Å². The number of carboxylic acids is 1. The monoisotopic (exact) mass is 333 g/mol. The first kappa shape index (κ1) is 18.1. The van der Waals surface area contributed by atoms with Crippen molar-refractivity contribution in [2.45, 2.75) is 31.7 Å². The van der Waals surface area contributed by atoms with Gasteiger partial charge in [0.05, 0.1) is 6.54 Å². The van der Waals surface area contributed by atoms with Gasteiger partial charge >= 0.3 is 0 Å². The molecule has 24 heavy (non-hydrogen) atoms. The number of rotatable bonds is 9. The molecule has 0 aliphatic carbocycles. The lowest BCUT2D eigenvalue weighted by atomic mass is 9.98. The molecule has 0 saturated carbocycles. The fourth-order valence-electron chi connectivity index (χ4n) is 2.68. The lowest BCUT2D eigenvalue weighted by molar-refractivity contribution is -0.687. The summed E-state index contributed by atoms with van der Waals surface area (Å²) in [7, 11) is 0. The smallest absolute Gasteiger partial charge is 0.137 e. The predicted molar refractivity (Wildman–Crippen MR) is 84.9 cm³/mol. The Morgan fingerprint density at radius 1 is 0.875 bits per heavy atom. The molecular formula is C19H21F2NO2. The molecule has 2 aromatic carbocycles. The second kappa shape index (κ2) is 9.13. The number of benzene rings is 2. The van der Waals surface area contributed by atoms with E-state index in [1.807, 2.05) is 0 Å². The lowest BCUT2D eigenvalue weighted by Gasteiger charge is -2.17. The van der Waals surface area contributed by atoms with Gasteiger partial charge in [0.1, 0.15) is 17.7 Å². The molecule has 0 amide bonds. The van der Waals surface area contributed by atoms with Crippen LogP contribution in [0.3, 0.4) is 0 Å². The van der Waals surface area contributed by atoms with E-state index in [1.165, 1.54) is 24.3 Å². The zero-order chi connectivity index (χ0) is 17.4. The van der Waals surface area contributed by atoms with Crippen LogP contribution in [0.2, 0.25) is 0 Å². The molecule has 0 bridgehead atoms. The van der Waals surface area contributed by atoms with Gasteiger partial charge in [0.2, 0.25) is 0 Å². The highest BCUT2D eigenvalue weighted by Gasteiger charge is 2.17. The minimum absolute atomic E-state index is 0.0488. The number of hydrogen-bond acceptors (Lipinski definition) is 2. The maximum atomic E-state index is 13.1. The zero-order valence-electron chi connectivity index (χ0n) is 13.4. The second-order valence-electron chi connectivity index (χ2n) is 5.79. The summed E-state index contributed by atoms with van der Waals surface area (Å²) in [6, 6.07) is 12.5. The van der Waals surface area contributed by atoms with Gasteiger partial charge in [-0.15, -0.1) is 0 Å². The highest BCUT2D eigenvalue weighted by molar-refractivity contribution is 5.64. The predicted octanol–water partition coefficient (Wildman–Crippen LogP) is 1.93. The Morgan fingerprint density at radius 2 is 1.38 bits per heavy atom. The van der Waals surface area contributed by atoms with Crippen molar-refractivity contribution in [1.29, 1.82) is 0 Å². The summed E-state index contributed by atoms with van der Waals surface area (Å²) in [6.07, 6.45) is 2.36.